The summed E-state index contributed by atoms with van der Waals surface area (Å²) in [5.41, 5.74) is 10.6. The van der Waals surface area contributed by atoms with E-state index in [0.29, 0.717) is 12.1 Å². The summed E-state index contributed by atoms with van der Waals surface area (Å²) in [6, 6.07) is 11.4. The molecule has 0 radical (unpaired) electrons. The second-order valence-corrected chi connectivity index (χ2v) is 7.11. The van der Waals surface area contributed by atoms with Gasteiger partial charge < -0.3 is 16.8 Å². The summed E-state index contributed by atoms with van der Waals surface area (Å²) in [7, 11) is 0. The summed E-state index contributed by atoms with van der Waals surface area (Å²) in [4.78, 5) is 25.5. The van der Waals surface area contributed by atoms with Crippen LogP contribution >= 0.6 is 0 Å². The van der Waals surface area contributed by atoms with Crippen LogP contribution in [0.5, 0.6) is 0 Å². The first kappa shape index (κ1) is 21.6. The largest absolute Gasteiger partial charge is 0.382 e. The second kappa shape index (κ2) is 8.51. The minimum absolute atomic E-state index is 0.0306. The van der Waals surface area contributed by atoms with E-state index in [1.54, 1.807) is 37.3 Å². The van der Waals surface area contributed by atoms with Gasteiger partial charge in [-0.05, 0) is 30.7 Å². The molecule has 9 nitrogen and oxygen atoms in total. The minimum Gasteiger partial charge on any atom is -0.382 e. The molecule has 0 aliphatic rings. The highest BCUT2D eigenvalue weighted by Crippen LogP contribution is 2.28. The molecule has 33 heavy (non-hydrogen) atoms. The molecule has 4 rings (SSSR count). The first-order valence-electron chi connectivity index (χ1n) is 9.91. The monoisotopic (exact) mass is 448 g/mol. The SMILES string of the molecule is CCC(Nc1nc(N)nc(N)c1C#N)c1nc2c(F)ccc(F)c2c(=O)n1-c1ccccc1. The predicted octanol–water partition coefficient (Wildman–Crippen LogP) is 3.05. The van der Waals surface area contributed by atoms with Crippen LogP contribution in [0.4, 0.5) is 26.4 Å². The zero-order chi connectivity index (χ0) is 23.7. The third-order valence-corrected chi connectivity index (χ3v) is 5.06. The second-order valence-electron chi connectivity index (χ2n) is 7.11. The molecule has 1 unspecified atom stereocenters. The fourth-order valence-electron chi connectivity index (χ4n) is 3.52. The number of rotatable bonds is 5. The summed E-state index contributed by atoms with van der Waals surface area (Å²) in [5.74, 6) is -1.89. The highest BCUT2D eigenvalue weighted by Gasteiger charge is 2.25. The van der Waals surface area contributed by atoms with Gasteiger partial charge in [-0.2, -0.15) is 15.2 Å². The Labute approximate surface area is 186 Å². The topological polar surface area (TPSA) is 149 Å². The Morgan fingerprint density at radius 2 is 1.79 bits per heavy atom. The molecule has 0 amide bonds. The first-order chi connectivity index (χ1) is 15.8. The fraction of sp³-hybridized carbons (Fsp3) is 0.136. The average Bonchev–Trinajstić information content (AvgIpc) is 2.80. The third kappa shape index (κ3) is 3.78. The van der Waals surface area contributed by atoms with Crippen LogP contribution in [-0.2, 0) is 0 Å². The van der Waals surface area contributed by atoms with Crippen LogP contribution in [-0.4, -0.2) is 19.5 Å². The zero-order valence-corrected chi connectivity index (χ0v) is 17.4. The molecule has 0 saturated carbocycles. The van der Waals surface area contributed by atoms with Gasteiger partial charge in [0.25, 0.3) is 5.56 Å². The molecule has 2 heterocycles. The Balaban J connectivity index is 2.01. The number of nitrogens with zero attached hydrogens (tertiary/aromatic N) is 5. The molecule has 0 spiro atoms. The van der Waals surface area contributed by atoms with Crippen LogP contribution in [0, 0.1) is 23.0 Å². The summed E-state index contributed by atoms with van der Waals surface area (Å²) in [6.07, 6.45) is 0.330. The van der Waals surface area contributed by atoms with Crippen molar-refractivity contribution in [2.45, 2.75) is 19.4 Å². The maximum Gasteiger partial charge on any atom is 0.269 e. The number of anilines is 3. The molecule has 0 aliphatic carbocycles. The van der Waals surface area contributed by atoms with Crippen molar-refractivity contribution in [2.24, 2.45) is 0 Å². The molecular formula is C22H18F2N8O. The average molecular weight is 448 g/mol. The van der Waals surface area contributed by atoms with E-state index >= 15 is 0 Å². The molecule has 0 saturated heterocycles. The molecular weight excluding hydrogens is 430 g/mol. The molecule has 11 heteroatoms. The number of fused-ring (bicyclic) bond motifs is 1. The van der Waals surface area contributed by atoms with Crippen LogP contribution in [0.2, 0.25) is 0 Å². The van der Waals surface area contributed by atoms with E-state index in [0.717, 1.165) is 12.1 Å². The Bertz CT molecular complexity index is 1460. The molecule has 5 N–H and O–H groups in total. The number of aromatic nitrogens is 4. The lowest BCUT2D eigenvalue weighted by atomic mass is 10.1. The van der Waals surface area contributed by atoms with Gasteiger partial charge in [-0.15, -0.1) is 0 Å². The van der Waals surface area contributed by atoms with Gasteiger partial charge in [0.1, 0.15) is 45.8 Å². The molecule has 2 aromatic heterocycles. The number of halogens is 2. The molecule has 1 atom stereocenters. The Kier molecular flexibility index (Phi) is 5.58. The Hall–Kier alpha value is -4.59. The van der Waals surface area contributed by atoms with Gasteiger partial charge in [-0.3, -0.25) is 9.36 Å². The molecule has 166 valence electrons. The summed E-state index contributed by atoms with van der Waals surface area (Å²) >= 11 is 0. The van der Waals surface area contributed by atoms with Crippen LogP contribution in [0.25, 0.3) is 16.6 Å². The van der Waals surface area contributed by atoms with Gasteiger partial charge in [0.15, 0.2) is 5.82 Å². The third-order valence-electron chi connectivity index (χ3n) is 5.06. The molecule has 0 bridgehead atoms. The maximum atomic E-state index is 14.6. The van der Waals surface area contributed by atoms with Crippen LogP contribution < -0.4 is 22.3 Å². The van der Waals surface area contributed by atoms with Gasteiger partial charge in [-0.25, -0.2) is 13.8 Å². The van der Waals surface area contributed by atoms with Crippen molar-refractivity contribution in [3.05, 3.63) is 75.8 Å². The van der Waals surface area contributed by atoms with Crippen molar-refractivity contribution < 1.29 is 8.78 Å². The number of benzene rings is 2. The number of nitriles is 1. The number of nitrogen functional groups attached to an aromatic ring is 2. The summed E-state index contributed by atoms with van der Waals surface area (Å²) < 4.78 is 30.3. The van der Waals surface area contributed by atoms with Crippen molar-refractivity contribution in [3.63, 3.8) is 0 Å². The minimum atomic E-state index is -0.885. The highest BCUT2D eigenvalue weighted by molar-refractivity contribution is 5.79. The highest BCUT2D eigenvalue weighted by atomic mass is 19.1. The van der Waals surface area contributed by atoms with E-state index in [2.05, 4.69) is 20.3 Å². The number of nitrogens with one attached hydrogen (secondary N) is 1. The van der Waals surface area contributed by atoms with Gasteiger partial charge in [0.05, 0.1) is 11.7 Å². The Morgan fingerprint density at radius 1 is 1.09 bits per heavy atom. The summed E-state index contributed by atoms with van der Waals surface area (Å²) in [5, 5.41) is 12.0. The van der Waals surface area contributed by atoms with E-state index in [-0.39, 0.29) is 29.0 Å². The van der Waals surface area contributed by atoms with E-state index < -0.39 is 34.1 Å². The van der Waals surface area contributed by atoms with Crippen LogP contribution in [0.1, 0.15) is 30.8 Å². The lowest BCUT2D eigenvalue weighted by Gasteiger charge is -2.23. The van der Waals surface area contributed by atoms with Gasteiger partial charge >= 0.3 is 0 Å². The van der Waals surface area contributed by atoms with E-state index in [9.17, 15) is 18.8 Å². The quantitative estimate of drug-likeness (QED) is 0.422. The Morgan fingerprint density at radius 3 is 2.45 bits per heavy atom. The lowest BCUT2D eigenvalue weighted by Crippen LogP contribution is -2.29. The fourth-order valence-corrected chi connectivity index (χ4v) is 3.52. The number of hydrogen-bond donors (Lipinski definition) is 3. The van der Waals surface area contributed by atoms with Crippen molar-refractivity contribution in [3.8, 4) is 11.8 Å². The first-order valence-corrected chi connectivity index (χ1v) is 9.91. The number of hydrogen-bond acceptors (Lipinski definition) is 8. The number of para-hydroxylation sites is 1. The van der Waals surface area contributed by atoms with E-state index in [4.69, 9.17) is 11.5 Å². The zero-order valence-electron chi connectivity index (χ0n) is 17.4. The predicted molar refractivity (Wildman–Crippen MR) is 119 cm³/mol. The maximum absolute atomic E-state index is 14.6. The standard InChI is InChI=1S/C22H18F2N8O/c1-2-15(28-19-12(10-25)18(26)30-22(27)31-19)20-29-17-14(24)9-8-13(23)16(17)21(33)32(20)11-6-4-3-5-7-11/h3-9,15H,2H2,1H3,(H5,26,27,28,30,31). The van der Waals surface area contributed by atoms with Gasteiger partial charge in [0, 0.05) is 0 Å². The molecule has 4 aromatic rings. The smallest absolute Gasteiger partial charge is 0.269 e. The molecule has 2 aromatic carbocycles. The number of nitrogens with two attached hydrogens (primary N) is 2. The molecule has 0 aliphatic heterocycles. The van der Waals surface area contributed by atoms with Crippen LogP contribution in [0.3, 0.4) is 0 Å². The van der Waals surface area contributed by atoms with Crippen molar-refractivity contribution in [1.29, 1.82) is 5.26 Å². The van der Waals surface area contributed by atoms with Crippen molar-refractivity contribution in [2.75, 3.05) is 16.8 Å². The van der Waals surface area contributed by atoms with Gasteiger partial charge in [0.2, 0.25) is 5.95 Å². The normalized spacial score (nSPS) is 11.8. The van der Waals surface area contributed by atoms with E-state index in [1.807, 2.05) is 6.07 Å². The van der Waals surface area contributed by atoms with Crippen molar-refractivity contribution in [1.82, 2.24) is 19.5 Å². The lowest BCUT2D eigenvalue weighted by molar-refractivity contribution is 0.604. The van der Waals surface area contributed by atoms with E-state index in [1.165, 1.54) is 4.57 Å². The van der Waals surface area contributed by atoms with Crippen molar-refractivity contribution >= 4 is 28.5 Å². The van der Waals surface area contributed by atoms with Gasteiger partial charge in [-0.1, -0.05) is 25.1 Å². The summed E-state index contributed by atoms with van der Waals surface area (Å²) in [6.45, 7) is 1.78. The molecule has 0 fully saturated rings. The van der Waals surface area contributed by atoms with Crippen LogP contribution in [0.15, 0.2) is 47.3 Å².